The molecule has 0 aliphatic rings. The third-order valence-corrected chi connectivity index (χ3v) is 2.36. The Morgan fingerprint density at radius 3 is 2.75 bits per heavy atom. The van der Waals surface area contributed by atoms with Crippen molar-refractivity contribution in [1.29, 1.82) is 0 Å². The average Bonchev–Trinajstić information content (AvgIpc) is 2.09. The van der Waals surface area contributed by atoms with Crippen LogP contribution in [0.2, 0.25) is 5.02 Å². The van der Waals surface area contributed by atoms with Crippen molar-refractivity contribution in [2.24, 2.45) is 0 Å². The number of benzene rings is 1. The zero-order valence-corrected chi connectivity index (χ0v) is 8.75. The van der Waals surface area contributed by atoms with Crippen molar-refractivity contribution in [3.8, 4) is 5.75 Å². The fraction of sp³-hybridized carbons (Fsp3) is 0.250. The van der Waals surface area contributed by atoms with Crippen molar-refractivity contribution in [1.82, 2.24) is 0 Å². The lowest BCUT2D eigenvalue weighted by Gasteiger charge is -2.06. The summed E-state index contributed by atoms with van der Waals surface area (Å²) in [5.74, 6) is 0.171. The van der Waals surface area contributed by atoms with Gasteiger partial charge in [0.1, 0.15) is 11.6 Å². The molecule has 0 radical (unpaired) electrons. The van der Waals surface area contributed by atoms with Crippen LogP contribution in [-0.2, 0) is 5.33 Å². The molecular formula is C8H7BrClFO. The molecule has 0 atom stereocenters. The minimum atomic E-state index is -0.424. The van der Waals surface area contributed by atoms with Crippen LogP contribution in [0.3, 0.4) is 0 Å². The largest absolute Gasteiger partial charge is 0.496 e. The molecule has 0 saturated carbocycles. The quantitative estimate of drug-likeness (QED) is 0.734. The summed E-state index contributed by atoms with van der Waals surface area (Å²) in [7, 11) is 1.52. The minimum absolute atomic E-state index is 0.0801. The normalized spacial score (nSPS) is 10.0. The molecule has 4 heteroatoms. The molecule has 0 fully saturated rings. The highest BCUT2D eigenvalue weighted by Gasteiger charge is 2.07. The van der Waals surface area contributed by atoms with Crippen molar-refractivity contribution in [2.75, 3.05) is 7.11 Å². The summed E-state index contributed by atoms with van der Waals surface area (Å²) in [6.45, 7) is 0. The first kappa shape index (κ1) is 9.81. The molecule has 0 aromatic heterocycles. The average molecular weight is 253 g/mol. The van der Waals surface area contributed by atoms with Crippen LogP contribution in [0.5, 0.6) is 5.75 Å². The molecule has 1 aromatic rings. The van der Waals surface area contributed by atoms with Crippen LogP contribution in [0.1, 0.15) is 5.56 Å². The van der Waals surface area contributed by atoms with E-state index in [4.69, 9.17) is 16.3 Å². The topological polar surface area (TPSA) is 9.23 Å². The van der Waals surface area contributed by atoms with Crippen LogP contribution in [0.15, 0.2) is 12.1 Å². The maximum atomic E-state index is 12.9. The van der Waals surface area contributed by atoms with Crippen LogP contribution in [0.25, 0.3) is 0 Å². The monoisotopic (exact) mass is 252 g/mol. The van der Waals surface area contributed by atoms with Crippen molar-refractivity contribution in [3.05, 3.63) is 28.5 Å². The van der Waals surface area contributed by atoms with E-state index in [-0.39, 0.29) is 5.02 Å². The summed E-state index contributed by atoms with van der Waals surface area (Å²) < 4.78 is 17.9. The molecule has 0 aliphatic heterocycles. The molecule has 0 spiro atoms. The molecule has 12 heavy (non-hydrogen) atoms. The molecule has 1 aromatic carbocycles. The van der Waals surface area contributed by atoms with E-state index in [0.717, 1.165) is 5.56 Å². The highest BCUT2D eigenvalue weighted by molar-refractivity contribution is 9.08. The zero-order chi connectivity index (χ0) is 9.14. The summed E-state index contributed by atoms with van der Waals surface area (Å²) in [6.07, 6.45) is 0. The fourth-order valence-electron chi connectivity index (χ4n) is 0.864. The van der Waals surface area contributed by atoms with Crippen LogP contribution in [0.4, 0.5) is 4.39 Å². The maximum Gasteiger partial charge on any atom is 0.142 e. The predicted molar refractivity (Wildman–Crippen MR) is 50.6 cm³/mol. The first-order valence-electron chi connectivity index (χ1n) is 3.27. The molecule has 0 bridgehead atoms. The van der Waals surface area contributed by atoms with Gasteiger partial charge in [0, 0.05) is 17.0 Å². The van der Waals surface area contributed by atoms with E-state index >= 15 is 0 Å². The third-order valence-electron chi connectivity index (χ3n) is 1.47. The third kappa shape index (κ3) is 1.90. The lowest BCUT2D eigenvalue weighted by Crippen LogP contribution is -1.91. The van der Waals surface area contributed by atoms with Gasteiger partial charge in [-0.3, -0.25) is 0 Å². The van der Waals surface area contributed by atoms with E-state index in [2.05, 4.69) is 15.9 Å². The standard InChI is InChI=1S/C8H7BrClFO/c1-12-8-3-6(10)7(11)2-5(8)4-9/h2-3H,4H2,1H3. The Kier molecular flexibility index (Phi) is 3.35. The van der Waals surface area contributed by atoms with Gasteiger partial charge < -0.3 is 4.74 Å². The Labute approximate surface area is 83.6 Å². The van der Waals surface area contributed by atoms with Crippen LogP contribution < -0.4 is 4.74 Å². The molecule has 0 heterocycles. The van der Waals surface area contributed by atoms with Gasteiger partial charge in [-0.1, -0.05) is 27.5 Å². The summed E-state index contributed by atoms with van der Waals surface area (Å²) in [5, 5.41) is 0.626. The van der Waals surface area contributed by atoms with E-state index < -0.39 is 5.82 Å². The first-order valence-corrected chi connectivity index (χ1v) is 4.77. The summed E-state index contributed by atoms with van der Waals surface area (Å²) in [6, 6.07) is 2.82. The van der Waals surface area contributed by atoms with Gasteiger partial charge in [-0.2, -0.15) is 0 Å². The SMILES string of the molecule is COc1cc(Cl)c(F)cc1CBr. The van der Waals surface area contributed by atoms with E-state index in [9.17, 15) is 4.39 Å². The second kappa shape index (κ2) is 4.10. The van der Waals surface area contributed by atoms with Crippen molar-refractivity contribution in [2.45, 2.75) is 5.33 Å². The van der Waals surface area contributed by atoms with Gasteiger partial charge in [0.25, 0.3) is 0 Å². The zero-order valence-electron chi connectivity index (χ0n) is 6.40. The molecular weight excluding hydrogens is 246 g/mol. The Bertz CT molecular complexity index is 262. The molecule has 0 aliphatic carbocycles. The molecule has 1 nitrogen and oxygen atoms in total. The Morgan fingerprint density at radius 1 is 1.58 bits per heavy atom. The van der Waals surface area contributed by atoms with Crippen LogP contribution >= 0.6 is 27.5 Å². The summed E-state index contributed by atoms with van der Waals surface area (Å²) in [4.78, 5) is 0. The molecule has 0 amide bonds. The van der Waals surface area contributed by atoms with Gasteiger partial charge in [0.2, 0.25) is 0 Å². The molecule has 0 saturated heterocycles. The van der Waals surface area contributed by atoms with Crippen molar-refractivity contribution < 1.29 is 9.13 Å². The molecule has 0 unspecified atom stereocenters. The number of methoxy groups -OCH3 is 1. The Balaban J connectivity index is 3.19. The second-order valence-electron chi connectivity index (χ2n) is 2.21. The number of alkyl halides is 1. The van der Waals surface area contributed by atoms with Gasteiger partial charge in [-0.25, -0.2) is 4.39 Å². The van der Waals surface area contributed by atoms with Gasteiger partial charge in [0.15, 0.2) is 0 Å². The van der Waals surface area contributed by atoms with Crippen molar-refractivity contribution >= 4 is 27.5 Å². The van der Waals surface area contributed by atoms with E-state index in [1.807, 2.05) is 0 Å². The highest BCUT2D eigenvalue weighted by Crippen LogP contribution is 2.27. The van der Waals surface area contributed by atoms with Gasteiger partial charge in [-0.15, -0.1) is 0 Å². The van der Waals surface area contributed by atoms with Gasteiger partial charge >= 0.3 is 0 Å². The highest BCUT2D eigenvalue weighted by atomic mass is 79.9. The number of rotatable bonds is 2. The van der Waals surface area contributed by atoms with Crippen LogP contribution in [0, 0.1) is 5.82 Å². The predicted octanol–water partition coefficient (Wildman–Crippen LogP) is 3.38. The van der Waals surface area contributed by atoms with E-state index in [0.29, 0.717) is 11.1 Å². The van der Waals surface area contributed by atoms with Crippen molar-refractivity contribution in [3.63, 3.8) is 0 Å². The maximum absolute atomic E-state index is 12.9. The summed E-state index contributed by atoms with van der Waals surface area (Å²) in [5.41, 5.74) is 0.749. The molecule has 0 N–H and O–H groups in total. The molecule has 66 valence electrons. The number of ether oxygens (including phenoxy) is 1. The van der Waals surface area contributed by atoms with E-state index in [1.54, 1.807) is 0 Å². The lowest BCUT2D eigenvalue weighted by atomic mass is 10.2. The number of hydrogen-bond donors (Lipinski definition) is 0. The van der Waals surface area contributed by atoms with Crippen LogP contribution in [-0.4, -0.2) is 7.11 Å². The minimum Gasteiger partial charge on any atom is -0.496 e. The number of halogens is 3. The lowest BCUT2D eigenvalue weighted by molar-refractivity contribution is 0.410. The first-order chi connectivity index (χ1) is 5.69. The second-order valence-corrected chi connectivity index (χ2v) is 3.18. The molecule has 1 rings (SSSR count). The van der Waals surface area contributed by atoms with E-state index in [1.165, 1.54) is 19.2 Å². The summed E-state index contributed by atoms with van der Waals surface area (Å²) >= 11 is 8.77. The van der Waals surface area contributed by atoms with Gasteiger partial charge in [0.05, 0.1) is 12.1 Å². The number of hydrogen-bond acceptors (Lipinski definition) is 1. The Morgan fingerprint density at radius 2 is 2.25 bits per heavy atom. The fourth-order valence-corrected chi connectivity index (χ4v) is 1.46. The van der Waals surface area contributed by atoms with Gasteiger partial charge in [-0.05, 0) is 6.07 Å². The smallest absolute Gasteiger partial charge is 0.142 e. The Hall–Kier alpha value is -0.280.